The van der Waals surface area contributed by atoms with Crippen molar-refractivity contribution >= 4 is 6.29 Å². The molecule has 1 aromatic rings. The molecule has 0 unspecified atom stereocenters. The number of hydrogen-bond acceptors (Lipinski definition) is 2. The van der Waals surface area contributed by atoms with E-state index in [0.717, 1.165) is 12.1 Å². The van der Waals surface area contributed by atoms with Gasteiger partial charge in [-0.05, 0) is 24.1 Å². The Morgan fingerprint density at radius 2 is 2.00 bits per heavy atom. The van der Waals surface area contributed by atoms with Gasteiger partial charge >= 0.3 is 6.36 Å². The zero-order valence-electron chi connectivity index (χ0n) is 8.05. The van der Waals surface area contributed by atoms with E-state index in [9.17, 15) is 22.4 Å². The summed E-state index contributed by atoms with van der Waals surface area (Å²) in [5.41, 5.74) is 0.444. The van der Waals surface area contributed by atoms with Crippen molar-refractivity contribution in [2.24, 2.45) is 0 Å². The van der Waals surface area contributed by atoms with Crippen molar-refractivity contribution in [1.29, 1.82) is 0 Å². The van der Waals surface area contributed by atoms with E-state index in [1.165, 1.54) is 6.07 Å². The van der Waals surface area contributed by atoms with E-state index in [-0.39, 0.29) is 12.8 Å². The SMILES string of the molecule is O=CCCc1ccc(OC(F)(F)F)c(F)c1. The van der Waals surface area contributed by atoms with Crippen LogP contribution in [0.5, 0.6) is 5.75 Å². The third-order valence-corrected chi connectivity index (χ3v) is 1.77. The van der Waals surface area contributed by atoms with Crippen LogP contribution in [-0.4, -0.2) is 12.6 Å². The van der Waals surface area contributed by atoms with Crippen LogP contribution in [0.2, 0.25) is 0 Å². The molecule has 6 heteroatoms. The van der Waals surface area contributed by atoms with Crippen molar-refractivity contribution < 1.29 is 27.1 Å². The highest BCUT2D eigenvalue weighted by atomic mass is 19.4. The molecule has 16 heavy (non-hydrogen) atoms. The number of aryl methyl sites for hydroxylation is 1. The smallest absolute Gasteiger partial charge is 0.403 e. The fourth-order valence-electron chi connectivity index (χ4n) is 1.13. The fourth-order valence-corrected chi connectivity index (χ4v) is 1.13. The Balaban J connectivity index is 2.79. The van der Waals surface area contributed by atoms with Crippen LogP contribution in [0, 0.1) is 5.82 Å². The minimum Gasteiger partial charge on any atom is -0.403 e. The molecule has 88 valence electrons. The Hall–Kier alpha value is -1.59. The molecule has 0 bridgehead atoms. The monoisotopic (exact) mass is 236 g/mol. The summed E-state index contributed by atoms with van der Waals surface area (Å²) in [4.78, 5) is 10.1. The van der Waals surface area contributed by atoms with E-state index in [1.807, 2.05) is 0 Å². The lowest BCUT2D eigenvalue weighted by molar-refractivity contribution is -0.275. The predicted molar refractivity (Wildman–Crippen MR) is 47.5 cm³/mol. The Morgan fingerprint density at radius 1 is 1.31 bits per heavy atom. The Kier molecular flexibility index (Phi) is 3.87. The summed E-state index contributed by atoms with van der Waals surface area (Å²) in [6.07, 6.45) is -3.78. The van der Waals surface area contributed by atoms with Gasteiger partial charge in [0, 0.05) is 6.42 Å². The summed E-state index contributed by atoms with van der Waals surface area (Å²) < 4.78 is 51.9. The highest BCUT2D eigenvalue weighted by Crippen LogP contribution is 2.26. The topological polar surface area (TPSA) is 26.3 Å². The van der Waals surface area contributed by atoms with Crippen LogP contribution in [-0.2, 0) is 11.2 Å². The number of halogens is 4. The molecular formula is C10H8F4O2. The second-order valence-electron chi connectivity index (χ2n) is 3.02. The zero-order chi connectivity index (χ0) is 12.2. The van der Waals surface area contributed by atoms with Crippen LogP contribution in [0.1, 0.15) is 12.0 Å². The van der Waals surface area contributed by atoms with Gasteiger partial charge in [0.1, 0.15) is 6.29 Å². The molecule has 0 atom stereocenters. The number of benzene rings is 1. The molecule has 0 spiro atoms. The third kappa shape index (κ3) is 3.88. The number of ether oxygens (including phenoxy) is 1. The Morgan fingerprint density at radius 3 is 2.50 bits per heavy atom. The van der Waals surface area contributed by atoms with E-state index >= 15 is 0 Å². The number of alkyl halides is 3. The first-order valence-electron chi connectivity index (χ1n) is 4.40. The van der Waals surface area contributed by atoms with Gasteiger partial charge in [0.05, 0.1) is 0 Å². The van der Waals surface area contributed by atoms with Crippen LogP contribution < -0.4 is 4.74 Å². The van der Waals surface area contributed by atoms with Gasteiger partial charge in [-0.3, -0.25) is 0 Å². The van der Waals surface area contributed by atoms with E-state index in [4.69, 9.17) is 0 Å². The van der Waals surface area contributed by atoms with Gasteiger partial charge in [0.25, 0.3) is 0 Å². The molecule has 1 aromatic carbocycles. The maximum atomic E-state index is 13.1. The summed E-state index contributed by atoms with van der Waals surface area (Å²) in [6.45, 7) is 0. The second-order valence-corrected chi connectivity index (χ2v) is 3.02. The molecule has 0 radical (unpaired) electrons. The standard InChI is InChI=1S/C10H8F4O2/c11-8-6-7(2-1-5-15)3-4-9(8)16-10(12,13)14/h3-6H,1-2H2. The van der Waals surface area contributed by atoms with Crippen LogP contribution in [0.4, 0.5) is 17.6 Å². The van der Waals surface area contributed by atoms with Crippen molar-refractivity contribution in [2.75, 3.05) is 0 Å². The molecule has 0 aromatic heterocycles. The number of hydrogen-bond donors (Lipinski definition) is 0. The van der Waals surface area contributed by atoms with Crippen LogP contribution >= 0.6 is 0 Å². The first kappa shape index (κ1) is 12.5. The molecule has 0 heterocycles. The lowest BCUT2D eigenvalue weighted by atomic mass is 10.1. The molecule has 2 nitrogen and oxygen atoms in total. The lowest BCUT2D eigenvalue weighted by Gasteiger charge is -2.10. The van der Waals surface area contributed by atoms with Gasteiger partial charge in [0.15, 0.2) is 11.6 Å². The average molecular weight is 236 g/mol. The highest BCUT2D eigenvalue weighted by Gasteiger charge is 2.32. The van der Waals surface area contributed by atoms with Gasteiger partial charge in [-0.25, -0.2) is 4.39 Å². The maximum Gasteiger partial charge on any atom is 0.573 e. The summed E-state index contributed by atoms with van der Waals surface area (Å²) in [5.74, 6) is -1.97. The molecule has 0 aliphatic carbocycles. The van der Waals surface area contributed by atoms with E-state index < -0.39 is 17.9 Å². The molecule has 0 fully saturated rings. The first-order valence-corrected chi connectivity index (χ1v) is 4.40. The van der Waals surface area contributed by atoms with Gasteiger partial charge < -0.3 is 9.53 Å². The number of rotatable bonds is 4. The molecule has 0 amide bonds. The average Bonchev–Trinajstić information content (AvgIpc) is 2.17. The zero-order valence-corrected chi connectivity index (χ0v) is 8.05. The quantitative estimate of drug-likeness (QED) is 0.593. The Labute approximate surface area is 88.8 Å². The lowest BCUT2D eigenvalue weighted by Crippen LogP contribution is -2.18. The molecule has 0 N–H and O–H groups in total. The summed E-state index contributed by atoms with van der Waals surface area (Å²) >= 11 is 0. The minimum absolute atomic E-state index is 0.193. The maximum absolute atomic E-state index is 13.1. The number of carbonyl (C=O) groups excluding carboxylic acids is 1. The second kappa shape index (κ2) is 4.96. The third-order valence-electron chi connectivity index (χ3n) is 1.77. The van der Waals surface area contributed by atoms with Gasteiger partial charge in [0.2, 0.25) is 0 Å². The largest absolute Gasteiger partial charge is 0.573 e. The molecule has 0 aliphatic heterocycles. The number of aldehydes is 1. The van der Waals surface area contributed by atoms with Crippen molar-refractivity contribution in [3.05, 3.63) is 29.6 Å². The van der Waals surface area contributed by atoms with Gasteiger partial charge in [-0.1, -0.05) is 6.07 Å². The fraction of sp³-hybridized carbons (Fsp3) is 0.300. The van der Waals surface area contributed by atoms with Crippen LogP contribution in [0.3, 0.4) is 0 Å². The first-order chi connectivity index (χ1) is 7.42. The predicted octanol–water partition coefficient (Wildman–Crippen LogP) is 2.86. The number of carbonyl (C=O) groups is 1. The van der Waals surface area contributed by atoms with Crippen LogP contribution in [0.15, 0.2) is 18.2 Å². The normalized spacial score (nSPS) is 11.2. The molecule has 0 saturated carbocycles. The van der Waals surface area contributed by atoms with E-state index in [0.29, 0.717) is 11.8 Å². The highest BCUT2D eigenvalue weighted by molar-refractivity contribution is 5.50. The van der Waals surface area contributed by atoms with Crippen molar-refractivity contribution in [2.45, 2.75) is 19.2 Å². The van der Waals surface area contributed by atoms with Crippen molar-refractivity contribution in [3.8, 4) is 5.75 Å². The molecule has 1 rings (SSSR count). The summed E-state index contributed by atoms with van der Waals surface area (Å²) in [7, 11) is 0. The van der Waals surface area contributed by atoms with Gasteiger partial charge in [-0.2, -0.15) is 0 Å². The summed E-state index contributed by atoms with van der Waals surface area (Å²) in [6, 6.07) is 3.10. The molecule has 0 aliphatic rings. The Bertz CT molecular complexity index is 374. The molecule has 0 saturated heterocycles. The van der Waals surface area contributed by atoms with Crippen molar-refractivity contribution in [1.82, 2.24) is 0 Å². The molecular weight excluding hydrogens is 228 g/mol. The van der Waals surface area contributed by atoms with Crippen LogP contribution in [0.25, 0.3) is 0 Å². The van der Waals surface area contributed by atoms with Gasteiger partial charge in [-0.15, -0.1) is 13.2 Å². The van der Waals surface area contributed by atoms with E-state index in [1.54, 1.807) is 0 Å². The minimum atomic E-state index is -4.91. The summed E-state index contributed by atoms with van der Waals surface area (Å²) in [5, 5.41) is 0. The van der Waals surface area contributed by atoms with Crippen molar-refractivity contribution in [3.63, 3.8) is 0 Å². The van der Waals surface area contributed by atoms with E-state index in [2.05, 4.69) is 4.74 Å².